The summed E-state index contributed by atoms with van der Waals surface area (Å²) in [5.41, 5.74) is 1.96. The SMILES string of the molecule is Cc1cccc(NC(=O)CSc2cc(N3CCCC3)ncn2)c1. The summed E-state index contributed by atoms with van der Waals surface area (Å²) in [7, 11) is 0. The van der Waals surface area contributed by atoms with E-state index in [2.05, 4.69) is 20.2 Å². The Hall–Kier alpha value is -2.08. The molecule has 0 radical (unpaired) electrons. The first-order valence-electron chi connectivity index (χ1n) is 7.77. The molecular weight excluding hydrogens is 308 g/mol. The van der Waals surface area contributed by atoms with Crippen LogP contribution in [0, 0.1) is 6.92 Å². The highest BCUT2D eigenvalue weighted by molar-refractivity contribution is 7.99. The van der Waals surface area contributed by atoms with Crippen molar-refractivity contribution in [2.75, 3.05) is 29.1 Å². The third-order valence-corrected chi connectivity index (χ3v) is 4.64. The van der Waals surface area contributed by atoms with Crippen molar-refractivity contribution in [2.45, 2.75) is 24.8 Å². The molecule has 1 fully saturated rings. The summed E-state index contributed by atoms with van der Waals surface area (Å²) in [5.74, 6) is 1.27. The summed E-state index contributed by atoms with van der Waals surface area (Å²) < 4.78 is 0. The number of amides is 1. The van der Waals surface area contributed by atoms with E-state index in [-0.39, 0.29) is 5.91 Å². The van der Waals surface area contributed by atoms with Gasteiger partial charge < -0.3 is 10.2 Å². The van der Waals surface area contributed by atoms with Gasteiger partial charge in [0, 0.05) is 24.8 Å². The van der Waals surface area contributed by atoms with Gasteiger partial charge in [0.05, 0.1) is 5.75 Å². The second kappa shape index (κ2) is 7.46. The van der Waals surface area contributed by atoms with E-state index >= 15 is 0 Å². The van der Waals surface area contributed by atoms with Gasteiger partial charge in [-0.2, -0.15) is 0 Å². The topological polar surface area (TPSA) is 58.1 Å². The number of aryl methyl sites for hydroxylation is 1. The summed E-state index contributed by atoms with van der Waals surface area (Å²) in [5, 5.41) is 3.74. The molecule has 1 N–H and O–H groups in total. The summed E-state index contributed by atoms with van der Waals surface area (Å²) >= 11 is 1.44. The molecule has 3 rings (SSSR count). The molecule has 1 saturated heterocycles. The van der Waals surface area contributed by atoms with E-state index in [9.17, 15) is 4.79 Å². The molecule has 1 aromatic heterocycles. The molecule has 1 amide bonds. The first-order chi connectivity index (χ1) is 11.2. The van der Waals surface area contributed by atoms with Crippen LogP contribution in [0.1, 0.15) is 18.4 Å². The molecule has 1 aromatic carbocycles. The first kappa shape index (κ1) is 15.8. The normalized spacial score (nSPS) is 14.0. The van der Waals surface area contributed by atoms with Crippen molar-refractivity contribution in [2.24, 2.45) is 0 Å². The van der Waals surface area contributed by atoms with Crippen molar-refractivity contribution in [1.82, 2.24) is 9.97 Å². The van der Waals surface area contributed by atoms with Crippen LogP contribution in [0.2, 0.25) is 0 Å². The molecule has 0 saturated carbocycles. The van der Waals surface area contributed by atoms with E-state index in [1.165, 1.54) is 24.6 Å². The Balaban J connectivity index is 1.55. The monoisotopic (exact) mass is 328 g/mol. The average Bonchev–Trinajstić information content (AvgIpc) is 3.08. The van der Waals surface area contributed by atoms with Crippen molar-refractivity contribution in [1.29, 1.82) is 0 Å². The fourth-order valence-electron chi connectivity index (χ4n) is 2.59. The lowest BCUT2D eigenvalue weighted by atomic mass is 10.2. The highest BCUT2D eigenvalue weighted by Crippen LogP contribution is 2.22. The van der Waals surface area contributed by atoms with Gasteiger partial charge in [0.1, 0.15) is 17.2 Å². The highest BCUT2D eigenvalue weighted by Gasteiger charge is 2.14. The quantitative estimate of drug-likeness (QED) is 0.675. The number of carbonyl (C=O) groups is 1. The van der Waals surface area contributed by atoms with Crippen LogP contribution in [0.15, 0.2) is 41.7 Å². The lowest BCUT2D eigenvalue weighted by Gasteiger charge is -2.16. The van der Waals surface area contributed by atoms with Crippen LogP contribution in [0.25, 0.3) is 0 Å². The third-order valence-electron chi connectivity index (χ3n) is 3.71. The van der Waals surface area contributed by atoms with Gasteiger partial charge in [0.15, 0.2) is 0 Å². The molecule has 0 atom stereocenters. The number of hydrogen-bond donors (Lipinski definition) is 1. The van der Waals surface area contributed by atoms with E-state index in [0.29, 0.717) is 5.75 Å². The van der Waals surface area contributed by atoms with Crippen molar-refractivity contribution in [3.63, 3.8) is 0 Å². The second-order valence-electron chi connectivity index (χ2n) is 5.61. The van der Waals surface area contributed by atoms with Gasteiger partial charge in [0.25, 0.3) is 0 Å². The zero-order valence-corrected chi connectivity index (χ0v) is 14.0. The number of rotatable bonds is 5. The third kappa shape index (κ3) is 4.45. The first-order valence-corrected chi connectivity index (χ1v) is 8.75. The van der Waals surface area contributed by atoms with E-state index < -0.39 is 0 Å². The number of aromatic nitrogens is 2. The molecule has 0 unspecified atom stereocenters. The molecule has 2 aromatic rings. The lowest BCUT2D eigenvalue weighted by molar-refractivity contribution is -0.113. The van der Waals surface area contributed by atoms with Crippen LogP contribution < -0.4 is 10.2 Å². The van der Waals surface area contributed by atoms with Crippen molar-refractivity contribution < 1.29 is 4.79 Å². The minimum atomic E-state index is -0.0260. The Kier molecular flexibility index (Phi) is 5.12. The van der Waals surface area contributed by atoms with E-state index in [4.69, 9.17) is 0 Å². The van der Waals surface area contributed by atoms with Crippen molar-refractivity contribution >= 4 is 29.2 Å². The largest absolute Gasteiger partial charge is 0.356 e. The standard InChI is InChI=1S/C17H20N4OS/c1-13-5-4-6-14(9-13)20-16(22)11-23-17-10-15(18-12-19-17)21-7-2-3-8-21/h4-6,9-10,12H,2-3,7-8,11H2,1H3,(H,20,22). The van der Waals surface area contributed by atoms with Crippen molar-refractivity contribution in [3.05, 3.63) is 42.2 Å². The predicted molar refractivity (Wildman–Crippen MR) is 94.0 cm³/mol. The maximum Gasteiger partial charge on any atom is 0.234 e. The number of nitrogens with zero attached hydrogens (tertiary/aromatic N) is 3. The smallest absolute Gasteiger partial charge is 0.234 e. The van der Waals surface area contributed by atoms with Gasteiger partial charge in [-0.25, -0.2) is 9.97 Å². The number of carbonyl (C=O) groups excluding carboxylic acids is 1. The molecule has 120 valence electrons. The van der Waals surface area contributed by atoms with E-state index in [1.54, 1.807) is 6.33 Å². The second-order valence-corrected chi connectivity index (χ2v) is 6.61. The van der Waals surface area contributed by atoms with Crippen LogP contribution >= 0.6 is 11.8 Å². The zero-order chi connectivity index (χ0) is 16.1. The maximum atomic E-state index is 12.1. The van der Waals surface area contributed by atoms with Gasteiger partial charge >= 0.3 is 0 Å². The molecule has 1 aliphatic heterocycles. The zero-order valence-electron chi connectivity index (χ0n) is 13.2. The van der Waals surface area contributed by atoms with Crippen LogP contribution in [0.3, 0.4) is 0 Å². The van der Waals surface area contributed by atoms with Crippen LogP contribution in [-0.4, -0.2) is 34.7 Å². The molecule has 6 heteroatoms. The number of benzene rings is 1. The minimum absolute atomic E-state index is 0.0260. The van der Waals surface area contributed by atoms with Gasteiger partial charge in [-0.05, 0) is 37.5 Å². The number of anilines is 2. The number of nitrogens with one attached hydrogen (secondary N) is 1. The van der Waals surface area contributed by atoms with E-state index in [1.807, 2.05) is 37.3 Å². The van der Waals surface area contributed by atoms with Gasteiger partial charge in [-0.15, -0.1) is 0 Å². The van der Waals surface area contributed by atoms with Crippen LogP contribution in [-0.2, 0) is 4.79 Å². The Bertz CT molecular complexity index is 686. The Morgan fingerprint density at radius 3 is 2.87 bits per heavy atom. The molecule has 1 aliphatic rings. The fraction of sp³-hybridized carbons (Fsp3) is 0.353. The molecular formula is C17H20N4OS. The molecule has 23 heavy (non-hydrogen) atoms. The number of hydrogen-bond acceptors (Lipinski definition) is 5. The summed E-state index contributed by atoms with van der Waals surface area (Å²) in [6, 6.07) is 9.76. The fourth-order valence-corrected chi connectivity index (χ4v) is 3.25. The Labute approximate surface area is 140 Å². The maximum absolute atomic E-state index is 12.1. The Morgan fingerprint density at radius 2 is 2.09 bits per heavy atom. The van der Waals surface area contributed by atoms with Gasteiger partial charge in [-0.1, -0.05) is 23.9 Å². The molecule has 5 nitrogen and oxygen atoms in total. The average molecular weight is 328 g/mol. The summed E-state index contributed by atoms with van der Waals surface area (Å²) in [6.07, 6.45) is 4.01. The highest BCUT2D eigenvalue weighted by atomic mass is 32.2. The van der Waals surface area contributed by atoms with E-state index in [0.717, 1.165) is 35.2 Å². The number of thioether (sulfide) groups is 1. The minimum Gasteiger partial charge on any atom is -0.356 e. The molecule has 0 bridgehead atoms. The van der Waals surface area contributed by atoms with Gasteiger partial charge in [-0.3, -0.25) is 4.79 Å². The predicted octanol–water partition coefficient (Wildman–Crippen LogP) is 3.12. The molecule has 0 spiro atoms. The summed E-state index contributed by atoms with van der Waals surface area (Å²) in [6.45, 7) is 4.11. The van der Waals surface area contributed by atoms with Crippen LogP contribution in [0.4, 0.5) is 11.5 Å². The molecule has 2 heterocycles. The summed E-state index contributed by atoms with van der Waals surface area (Å²) in [4.78, 5) is 22.9. The van der Waals surface area contributed by atoms with Crippen LogP contribution in [0.5, 0.6) is 0 Å². The lowest BCUT2D eigenvalue weighted by Crippen LogP contribution is -2.19. The molecule has 0 aliphatic carbocycles. The Morgan fingerprint density at radius 1 is 1.26 bits per heavy atom. The van der Waals surface area contributed by atoms with Gasteiger partial charge in [0.2, 0.25) is 5.91 Å². The van der Waals surface area contributed by atoms with Crippen molar-refractivity contribution in [3.8, 4) is 0 Å².